The molecule has 0 radical (unpaired) electrons. The first-order valence-electron chi connectivity index (χ1n) is 6.31. The first kappa shape index (κ1) is 9.64. The zero-order valence-corrected chi connectivity index (χ0v) is 9.30. The number of rotatable bonds is 2. The fourth-order valence-corrected chi connectivity index (χ4v) is 2.68. The molecule has 1 amide bonds. The highest BCUT2D eigenvalue weighted by Crippen LogP contribution is 2.43. The third kappa shape index (κ3) is 1.89. The minimum absolute atomic E-state index is 0.239. The average Bonchev–Trinajstić information content (AvgIpc) is 3.07. The predicted molar refractivity (Wildman–Crippen MR) is 58.5 cm³/mol. The molecule has 1 N–H and O–H groups in total. The van der Waals surface area contributed by atoms with Crippen molar-refractivity contribution >= 4 is 5.91 Å². The summed E-state index contributed by atoms with van der Waals surface area (Å²) in [5, 5.41) is 3.46. The normalized spacial score (nSPS) is 28.9. The second-order valence-corrected chi connectivity index (χ2v) is 5.45. The van der Waals surface area contributed by atoms with Crippen molar-refractivity contribution in [2.45, 2.75) is 44.1 Å². The van der Waals surface area contributed by atoms with Gasteiger partial charge in [-0.25, -0.2) is 0 Å². The monoisotopic (exact) mass is 208 g/mol. The van der Waals surface area contributed by atoms with E-state index in [-0.39, 0.29) is 5.54 Å². The Morgan fingerprint density at radius 2 is 2.20 bits per heavy atom. The summed E-state index contributed by atoms with van der Waals surface area (Å²) >= 11 is 0. The van der Waals surface area contributed by atoms with E-state index in [1.165, 1.54) is 25.7 Å². The Balaban J connectivity index is 1.67. The molecule has 3 aliphatic rings. The molecule has 1 saturated heterocycles. The maximum atomic E-state index is 12.2. The maximum Gasteiger partial charge on any atom is 0.223 e. The SMILES string of the molecule is O=C(CC1CC1)N1CCCNCC12CC2. The molecule has 0 aromatic heterocycles. The molecule has 0 unspecified atom stereocenters. The predicted octanol–water partition coefficient (Wildman–Crippen LogP) is 1.14. The van der Waals surface area contributed by atoms with E-state index in [0.29, 0.717) is 5.91 Å². The minimum Gasteiger partial charge on any atom is -0.336 e. The Morgan fingerprint density at radius 1 is 1.40 bits per heavy atom. The molecule has 3 nitrogen and oxygen atoms in total. The van der Waals surface area contributed by atoms with E-state index in [1.807, 2.05) is 0 Å². The van der Waals surface area contributed by atoms with E-state index in [0.717, 1.165) is 38.4 Å². The fraction of sp³-hybridized carbons (Fsp3) is 0.917. The lowest BCUT2D eigenvalue weighted by Gasteiger charge is -2.30. The summed E-state index contributed by atoms with van der Waals surface area (Å²) in [5.74, 6) is 1.16. The van der Waals surface area contributed by atoms with Crippen LogP contribution in [0.3, 0.4) is 0 Å². The van der Waals surface area contributed by atoms with Gasteiger partial charge in [0, 0.05) is 19.5 Å². The Hall–Kier alpha value is -0.570. The van der Waals surface area contributed by atoms with E-state index < -0.39 is 0 Å². The minimum atomic E-state index is 0.239. The number of carbonyl (C=O) groups is 1. The first-order chi connectivity index (χ1) is 7.30. The molecule has 84 valence electrons. The molecule has 2 aliphatic carbocycles. The third-order valence-electron chi connectivity index (χ3n) is 4.05. The van der Waals surface area contributed by atoms with E-state index in [9.17, 15) is 4.79 Å². The molecule has 1 aliphatic heterocycles. The number of nitrogens with one attached hydrogen (secondary N) is 1. The van der Waals surface area contributed by atoms with Crippen LogP contribution in [0.15, 0.2) is 0 Å². The second-order valence-electron chi connectivity index (χ2n) is 5.45. The zero-order chi connectivity index (χ0) is 10.3. The summed E-state index contributed by atoms with van der Waals surface area (Å²) in [6.45, 7) is 3.09. The highest BCUT2D eigenvalue weighted by atomic mass is 16.2. The molecular weight excluding hydrogens is 188 g/mol. The summed E-state index contributed by atoms with van der Waals surface area (Å²) in [7, 11) is 0. The van der Waals surface area contributed by atoms with Crippen molar-refractivity contribution in [3.63, 3.8) is 0 Å². The number of carbonyl (C=O) groups excluding carboxylic acids is 1. The van der Waals surface area contributed by atoms with Crippen LogP contribution >= 0.6 is 0 Å². The molecule has 3 rings (SSSR count). The van der Waals surface area contributed by atoms with Gasteiger partial charge in [0.2, 0.25) is 5.91 Å². The summed E-state index contributed by atoms with van der Waals surface area (Å²) in [5.41, 5.74) is 0.239. The Bertz CT molecular complexity index is 269. The average molecular weight is 208 g/mol. The molecular formula is C12H20N2O. The molecule has 0 bridgehead atoms. The van der Waals surface area contributed by atoms with Crippen LogP contribution in [0, 0.1) is 5.92 Å². The fourth-order valence-electron chi connectivity index (χ4n) is 2.68. The van der Waals surface area contributed by atoms with Crippen LogP contribution in [0.1, 0.15) is 38.5 Å². The van der Waals surface area contributed by atoms with Crippen LogP contribution in [0.5, 0.6) is 0 Å². The summed E-state index contributed by atoms with van der Waals surface area (Å²) in [4.78, 5) is 14.4. The number of hydrogen-bond donors (Lipinski definition) is 1. The summed E-state index contributed by atoms with van der Waals surface area (Å²) in [6.07, 6.45) is 6.95. The maximum absolute atomic E-state index is 12.2. The van der Waals surface area contributed by atoms with Crippen molar-refractivity contribution in [1.82, 2.24) is 10.2 Å². The second kappa shape index (κ2) is 3.48. The standard InChI is InChI=1S/C12H20N2O/c15-11(8-10-2-3-10)14-7-1-6-13-9-12(14)4-5-12/h10,13H,1-9H2. The largest absolute Gasteiger partial charge is 0.336 e. The molecule has 1 heterocycles. The summed E-state index contributed by atoms with van der Waals surface area (Å²) in [6, 6.07) is 0. The van der Waals surface area contributed by atoms with Crippen LogP contribution in [0.4, 0.5) is 0 Å². The van der Waals surface area contributed by atoms with Gasteiger partial charge in [-0.15, -0.1) is 0 Å². The first-order valence-corrected chi connectivity index (χ1v) is 6.31. The number of amides is 1. The lowest BCUT2D eigenvalue weighted by Crippen LogP contribution is -2.45. The van der Waals surface area contributed by atoms with Crippen molar-refractivity contribution in [2.75, 3.05) is 19.6 Å². The zero-order valence-electron chi connectivity index (χ0n) is 9.30. The van der Waals surface area contributed by atoms with Crippen LogP contribution in [0.2, 0.25) is 0 Å². The van der Waals surface area contributed by atoms with Gasteiger partial charge in [-0.1, -0.05) is 0 Å². The highest BCUT2D eigenvalue weighted by molar-refractivity contribution is 5.78. The molecule has 0 aromatic carbocycles. The Morgan fingerprint density at radius 3 is 2.87 bits per heavy atom. The quantitative estimate of drug-likeness (QED) is 0.738. The van der Waals surface area contributed by atoms with Crippen molar-refractivity contribution in [3.05, 3.63) is 0 Å². The molecule has 15 heavy (non-hydrogen) atoms. The third-order valence-corrected chi connectivity index (χ3v) is 4.05. The van der Waals surface area contributed by atoms with E-state index in [4.69, 9.17) is 0 Å². The van der Waals surface area contributed by atoms with Crippen LogP contribution in [-0.4, -0.2) is 36.0 Å². The Kier molecular flexibility index (Phi) is 2.23. The van der Waals surface area contributed by atoms with E-state index in [2.05, 4.69) is 10.2 Å². The van der Waals surface area contributed by atoms with Crippen LogP contribution in [0.25, 0.3) is 0 Å². The van der Waals surface area contributed by atoms with E-state index >= 15 is 0 Å². The lowest BCUT2D eigenvalue weighted by atomic mass is 10.1. The van der Waals surface area contributed by atoms with Crippen LogP contribution in [-0.2, 0) is 4.79 Å². The smallest absolute Gasteiger partial charge is 0.223 e. The van der Waals surface area contributed by atoms with E-state index in [1.54, 1.807) is 0 Å². The van der Waals surface area contributed by atoms with Crippen molar-refractivity contribution < 1.29 is 4.79 Å². The van der Waals surface area contributed by atoms with Gasteiger partial charge in [-0.05, 0) is 44.6 Å². The topological polar surface area (TPSA) is 32.3 Å². The molecule has 3 fully saturated rings. The van der Waals surface area contributed by atoms with Gasteiger partial charge in [0.1, 0.15) is 0 Å². The number of hydrogen-bond acceptors (Lipinski definition) is 2. The van der Waals surface area contributed by atoms with Gasteiger partial charge >= 0.3 is 0 Å². The van der Waals surface area contributed by atoms with Gasteiger partial charge in [0.25, 0.3) is 0 Å². The molecule has 1 spiro atoms. The molecule has 2 saturated carbocycles. The van der Waals surface area contributed by atoms with Gasteiger partial charge in [0.05, 0.1) is 5.54 Å². The number of nitrogens with zero attached hydrogens (tertiary/aromatic N) is 1. The molecule has 0 atom stereocenters. The van der Waals surface area contributed by atoms with Crippen molar-refractivity contribution in [1.29, 1.82) is 0 Å². The van der Waals surface area contributed by atoms with Gasteiger partial charge in [0.15, 0.2) is 0 Å². The molecule has 3 heteroatoms. The van der Waals surface area contributed by atoms with Gasteiger partial charge in [-0.3, -0.25) is 4.79 Å². The van der Waals surface area contributed by atoms with Gasteiger partial charge < -0.3 is 10.2 Å². The summed E-state index contributed by atoms with van der Waals surface area (Å²) < 4.78 is 0. The van der Waals surface area contributed by atoms with Crippen LogP contribution < -0.4 is 5.32 Å². The Labute approximate surface area is 91.2 Å². The highest BCUT2D eigenvalue weighted by Gasteiger charge is 2.50. The van der Waals surface area contributed by atoms with Crippen molar-refractivity contribution in [3.8, 4) is 0 Å². The van der Waals surface area contributed by atoms with Crippen molar-refractivity contribution in [2.24, 2.45) is 5.92 Å². The molecule has 0 aromatic rings. The van der Waals surface area contributed by atoms with Gasteiger partial charge in [-0.2, -0.15) is 0 Å². The lowest BCUT2D eigenvalue weighted by molar-refractivity contribution is -0.134.